The van der Waals surface area contributed by atoms with E-state index in [2.05, 4.69) is 51.2 Å². The van der Waals surface area contributed by atoms with Crippen LogP contribution < -0.4 is 5.32 Å². The van der Waals surface area contributed by atoms with E-state index in [9.17, 15) is 0 Å². The summed E-state index contributed by atoms with van der Waals surface area (Å²) < 4.78 is 0. The second-order valence-electron chi connectivity index (χ2n) is 6.42. The van der Waals surface area contributed by atoms with E-state index in [4.69, 9.17) is 0 Å². The first-order valence-electron chi connectivity index (χ1n) is 7.98. The average molecular weight is 259 g/mol. The summed E-state index contributed by atoms with van der Waals surface area (Å²) in [4.78, 5) is 0. The summed E-state index contributed by atoms with van der Waals surface area (Å²) in [6.07, 6.45) is 5.10. The van der Waals surface area contributed by atoms with Gasteiger partial charge in [-0.3, -0.25) is 0 Å². The van der Waals surface area contributed by atoms with Crippen molar-refractivity contribution in [3.05, 3.63) is 34.9 Å². The molecule has 0 spiro atoms. The van der Waals surface area contributed by atoms with E-state index < -0.39 is 0 Å². The largest absolute Gasteiger partial charge is 0.310 e. The Kier molecular flexibility index (Phi) is 5.04. The van der Waals surface area contributed by atoms with Crippen LogP contribution in [0.25, 0.3) is 0 Å². The van der Waals surface area contributed by atoms with Crippen molar-refractivity contribution in [2.24, 2.45) is 11.8 Å². The monoisotopic (exact) mass is 259 g/mol. The molecular weight excluding hydrogens is 230 g/mol. The Bertz CT molecular complexity index is 408. The third-order valence-electron chi connectivity index (χ3n) is 4.67. The van der Waals surface area contributed by atoms with Gasteiger partial charge in [-0.2, -0.15) is 0 Å². The Morgan fingerprint density at radius 1 is 1.11 bits per heavy atom. The van der Waals surface area contributed by atoms with Gasteiger partial charge in [0.1, 0.15) is 0 Å². The zero-order valence-corrected chi connectivity index (χ0v) is 13.0. The van der Waals surface area contributed by atoms with Crippen LogP contribution >= 0.6 is 0 Å². The summed E-state index contributed by atoms with van der Waals surface area (Å²) in [5, 5.41) is 3.76. The molecule has 1 aromatic carbocycles. The van der Waals surface area contributed by atoms with Crippen LogP contribution in [0.4, 0.5) is 0 Å². The Hall–Kier alpha value is -0.820. The molecule has 0 aromatic heterocycles. The molecule has 2 rings (SSSR count). The number of hydrogen-bond donors (Lipinski definition) is 1. The fourth-order valence-corrected chi connectivity index (χ4v) is 3.08. The van der Waals surface area contributed by atoms with Gasteiger partial charge in [0.25, 0.3) is 0 Å². The van der Waals surface area contributed by atoms with Gasteiger partial charge >= 0.3 is 0 Å². The van der Waals surface area contributed by atoms with Gasteiger partial charge in [0.2, 0.25) is 0 Å². The first kappa shape index (κ1) is 14.6. The van der Waals surface area contributed by atoms with E-state index in [-0.39, 0.29) is 0 Å². The molecule has 0 radical (unpaired) electrons. The van der Waals surface area contributed by atoms with E-state index in [0.29, 0.717) is 17.9 Å². The fraction of sp³-hybridized carbons (Fsp3) is 0.667. The van der Waals surface area contributed by atoms with Crippen LogP contribution in [-0.4, -0.2) is 6.54 Å². The standard InChI is InChI=1S/C18H29N/c1-5-11-19-18(14(4)13(2)3)17-10-9-15-7-6-8-16(15)12-17/h9-10,12-14,18-19H,5-8,11H2,1-4H3. The molecule has 1 aromatic rings. The van der Waals surface area contributed by atoms with Gasteiger partial charge in [-0.25, -0.2) is 0 Å². The van der Waals surface area contributed by atoms with Crippen LogP contribution in [0.1, 0.15) is 63.3 Å². The normalized spacial score (nSPS) is 17.5. The molecule has 2 atom stereocenters. The zero-order chi connectivity index (χ0) is 13.8. The Morgan fingerprint density at radius 3 is 2.53 bits per heavy atom. The van der Waals surface area contributed by atoms with Crippen LogP contribution in [0.2, 0.25) is 0 Å². The van der Waals surface area contributed by atoms with Gasteiger partial charge in [0.05, 0.1) is 0 Å². The van der Waals surface area contributed by atoms with Crippen molar-refractivity contribution in [1.82, 2.24) is 5.32 Å². The third-order valence-corrected chi connectivity index (χ3v) is 4.67. The van der Waals surface area contributed by atoms with Gasteiger partial charge in [-0.1, -0.05) is 45.9 Å². The summed E-state index contributed by atoms with van der Waals surface area (Å²) >= 11 is 0. The molecule has 1 heteroatoms. The zero-order valence-electron chi connectivity index (χ0n) is 13.0. The van der Waals surface area contributed by atoms with Crippen molar-refractivity contribution in [3.8, 4) is 0 Å². The minimum absolute atomic E-state index is 0.505. The van der Waals surface area contributed by atoms with Gasteiger partial charge in [-0.15, -0.1) is 0 Å². The lowest BCUT2D eigenvalue weighted by molar-refractivity contribution is 0.303. The van der Waals surface area contributed by atoms with Gasteiger partial charge < -0.3 is 5.32 Å². The summed E-state index contributed by atoms with van der Waals surface area (Å²) in [7, 11) is 0. The second-order valence-corrected chi connectivity index (χ2v) is 6.42. The molecule has 0 amide bonds. The molecule has 0 saturated carbocycles. The number of fused-ring (bicyclic) bond motifs is 1. The quantitative estimate of drug-likeness (QED) is 0.792. The van der Waals surface area contributed by atoms with Crippen molar-refractivity contribution in [2.75, 3.05) is 6.54 Å². The van der Waals surface area contributed by atoms with Crippen LogP contribution in [0.3, 0.4) is 0 Å². The van der Waals surface area contributed by atoms with Crippen molar-refractivity contribution >= 4 is 0 Å². The minimum Gasteiger partial charge on any atom is -0.310 e. The second kappa shape index (κ2) is 6.56. The first-order chi connectivity index (χ1) is 9.13. The maximum Gasteiger partial charge on any atom is 0.0348 e. The van der Waals surface area contributed by atoms with Crippen molar-refractivity contribution in [2.45, 2.75) is 59.4 Å². The van der Waals surface area contributed by atoms with Crippen LogP contribution in [0.5, 0.6) is 0 Å². The molecule has 0 bridgehead atoms. The molecule has 0 aliphatic heterocycles. The highest BCUT2D eigenvalue weighted by atomic mass is 14.9. The topological polar surface area (TPSA) is 12.0 Å². The highest BCUT2D eigenvalue weighted by molar-refractivity contribution is 5.36. The first-order valence-corrected chi connectivity index (χ1v) is 7.98. The lowest BCUT2D eigenvalue weighted by Crippen LogP contribution is -2.30. The van der Waals surface area contributed by atoms with Crippen molar-refractivity contribution in [1.29, 1.82) is 0 Å². The van der Waals surface area contributed by atoms with Crippen LogP contribution in [-0.2, 0) is 12.8 Å². The highest BCUT2D eigenvalue weighted by Gasteiger charge is 2.22. The molecule has 1 aliphatic rings. The van der Waals surface area contributed by atoms with Crippen molar-refractivity contribution in [3.63, 3.8) is 0 Å². The number of rotatable bonds is 6. The van der Waals surface area contributed by atoms with Gasteiger partial charge in [0, 0.05) is 6.04 Å². The number of nitrogens with one attached hydrogen (secondary N) is 1. The summed E-state index contributed by atoms with van der Waals surface area (Å²) in [5.41, 5.74) is 4.67. The predicted octanol–water partition coefficient (Wildman–Crippen LogP) is 4.51. The molecule has 106 valence electrons. The fourth-order valence-electron chi connectivity index (χ4n) is 3.08. The Balaban J connectivity index is 2.21. The highest BCUT2D eigenvalue weighted by Crippen LogP contribution is 2.31. The lowest BCUT2D eigenvalue weighted by Gasteiger charge is -2.29. The molecule has 0 fully saturated rings. The van der Waals surface area contributed by atoms with Gasteiger partial charge in [-0.05, 0) is 60.8 Å². The average Bonchev–Trinajstić information content (AvgIpc) is 2.86. The van der Waals surface area contributed by atoms with E-state index in [0.717, 1.165) is 6.54 Å². The third kappa shape index (κ3) is 3.39. The Morgan fingerprint density at radius 2 is 1.84 bits per heavy atom. The van der Waals surface area contributed by atoms with Crippen molar-refractivity contribution < 1.29 is 0 Å². The SMILES string of the molecule is CCCNC(c1ccc2c(c1)CCC2)C(C)C(C)C. The van der Waals surface area contributed by atoms with Crippen LogP contribution in [0.15, 0.2) is 18.2 Å². The molecule has 2 unspecified atom stereocenters. The van der Waals surface area contributed by atoms with E-state index in [1.54, 1.807) is 11.1 Å². The molecule has 1 nitrogen and oxygen atoms in total. The maximum absolute atomic E-state index is 3.76. The van der Waals surface area contributed by atoms with E-state index in [1.165, 1.54) is 31.2 Å². The molecule has 1 aliphatic carbocycles. The molecule has 0 saturated heterocycles. The lowest BCUT2D eigenvalue weighted by atomic mass is 9.85. The van der Waals surface area contributed by atoms with E-state index in [1.807, 2.05) is 0 Å². The van der Waals surface area contributed by atoms with Gasteiger partial charge in [0.15, 0.2) is 0 Å². The molecular formula is C18H29N. The van der Waals surface area contributed by atoms with Crippen LogP contribution in [0, 0.1) is 11.8 Å². The maximum atomic E-state index is 3.76. The summed E-state index contributed by atoms with van der Waals surface area (Å²) in [6.45, 7) is 10.4. The predicted molar refractivity (Wildman–Crippen MR) is 83.5 cm³/mol. The molecule has 0 heterocycles. The number of benzene rings is 1. The molecule has 19 heavy (non-hydrogen) atoms. The summed E-state index contributed by atoms with van der Waals surface area (Å²) in [6, 6.07) is 7.70. The number of aryl methyl sites for hydroxylation is 2. The smallest absolute Gasteiger partial charge is 0.0348 e. The number of hydrogen-bond acceptors (Lipinski definition) is 1. The molecule has 1 N–H and O–H groups in total. The van der Waals surface area contributed by atoms with E-state index >= 15 is 0 Å². The minimum atomic E-state index is 0.505. The summed E-state index contributed by atoms with van der Waals surface area (Å²) in [5.74, 6) is 1.38. The Labute approximate surface area is 118 Å².